The van der Waals surface area contributed by atoms with E-state index in [-0.39, 0.29) is 0 Å². The largest absolute Gasteiger partial charge is 0.371 e. The maximum atomic E-state index is 4.66. The van der Waals surface area contributed by atoms with Gasteiger partial charge >= 0.3 is 0 Å². The van der Waals surface area contributed by atoms with Crippen LogP contribution in [-0.2, 0) is 0 Å². The second-order valence-electron chi connectivity index (χ2n) is 7.27. The molecular weight excluding hydrogens is 326 g/mol. The van der Waals surface area contributed by atoms with Gasteiger partial charge in [0.15, 0.2) is 0 Å². The minimum atomic E-state index is 0.349. The molecule has 0 saturated carbocycles. The van der Waals surface area contributed by atoms with E-state index < -0.39 is 0 Å². The number of fused-ring (bicyclic) bond motifs is 2. The molecule has 1 N–H and O–H groups in total. The summed E-state index contributed by atoms with van der Waals surface area (Å²) in [5, 5.41) is 3.50. The fourth-order valence-electron chi connectivity index (χ4n) is 4.40. The predicted molar refractivity (Wildman–Crippen MR) is 109 cm³/mol. The molecule has 2 aliphatic heterocycles. The first-order valence-electron chi connectivity index (χ1n) is 9.16. The molecule has 1 aromatic carbocycles. The number of benzene rings is 1. The normalized spacial score (nSPS) is 26.4. The van der Waals surface area contributed by atoms with Crippen molar-refractivity contribution in [1.29, 1.82) is 0 Å². The monoisotopic (exact) mass is 353 g/mol. The predicted octanol–water partition coefficient (Wildman–Crippen LogP) is 3.02. The van der Waals surface area contributed by atoms with Crippen LogP contribution >= 0.6 is 12.6 Å². The number of aryl methyl sites for hydroxylation is 1. The van der Waals surface area contributed by atoms with Gasteiger partial charge in [0, 0.05) is 39.0 Å². The molecule has 1 saturated heterocycles. The Morgan fingerprint density at radius 1 is 1.20 bits per heavy atom. The van der Waals surface area contributed by atoms with Crippen molar-refractivity contribution in [2.45, 2.75) is 19.0 Å². The molecule has 1 aromatic rings. The molecule has 3 aliphatic rings. The summed E-state index contributed by atoms with van der Waals surface area (Å²) in [5.74, 6) is 0.766. The number of thiol groups is 1. The summed E-state index contributed by atoms with van der Waals surface area (Å²) in [5.41, 5.74) is 6.87. The zero-order valence-corrected chi connectivity index (χ0v) is 16.0. The van der Waals surface area contributed by atoms with Gasteiger partial charge in [-0.1, -0.05) is 35.9 Å². The number of piperazine rings is 1. The Kier molecular flexibility index (Phi) is 4.76. The Balaban J connectivity index is 1.90. The summed E-state index contributed by atoms with van der Waals surface area (Å²) >= 11 is 4.66. The standard InChI is InChI=1S/C21H27N3S/c1-15-5-6-18-19(12-15)17(14-25)13-16-4-3-9-23(2)20(16)21(18)24-10-7-22-8-11-24/h3-6,9,12-13,20-22,25H,7-8,10-11,14H2,1-2H3. The zero-order valence-electron chi connectivity index (χ0n) is 15.1. The lowest BCUT2D eigenvalue weighted by Crippen LogP contribution is -2.51. The van der Waals surface area contributed by atoms with Gasteiger partial charge in [-0.2, -0.15) is 12.6 Å². The van der Waals surface area contributed by atoms with E-state index in [2.05, 4.69) is 84.3 Å². The molecule has 2 heterocycles. The topological polar surface area (TPSA) is 18.5 Å². The lowest BCUT2D eigenvalue weighted by atomic mass is 9.88. The molecule has 0 bridgehead atoms. The number of rotatable bonds is 2. The van der Waals surface area contributed by atoms with Crippen LogP contribution in [0.3, 0.4) is 0 Å². The van der Waals surface area contributed by atoms with Gasteiger partial charge in [0.25, 0.3) is 0 Å². The first-order chi connectivity index (χ1) is 12.2. The third-order valence-corrected chi connectivity index (χ3v) is 5.96. The summed E-state index contributed by atoms with van der Waals surface area (Å²) in [6.07, 6.45) is 9.02. The number of allylic oxidation sites excluding steroid dienone is 2. The molecule has 0 amide bonds. The Morgan fingerprint density at radius 3 is 2.76 bits per heavy atom. The van der Waals surface area contributed by atoms with Crippen molar-refractivity contribution in [3.05, 3.63) is 64.9 Å². The van der Waals surface area contributed by atoms with E-state index >= 15 is 0 Å². The van der Waals surface area contributed by atoms with Crippen LogP contribution in [0, 0.1) is 6.92 Å². The highest BCUT2D eigenvalue weighted by molar-refractivity contribution is 7.80. The van der Waals surface area contributed by atoms with E-state index in [1.807, 2.05) is 0 Å². The van der Waals surface area contributed by atoms with Crippen molar-refractivity contribution < 1.29 is 0 Å². The van der Waals surface area contributed by atoms with Crippen LogP contribution in [0.25, 0.3) is 5.57 Å². The van der Waals surface area contributed by atoms with Gasteiger partial charge in [-0.3, -0.25) is 4.90 Å². The molecule has 2 unspecified atom stereocenters. The highest BCUT2D eigenvalue weighted by Gasteiger charge is 2.37. The fraction of sp³-hybridized carbons (Fsp3) is 0.429. The first-order valence-corrected chi connectivity index (χ1v) is 9.80. The van der Waals surface area contributed by atoms with E-state index in [1.165, 1.54) is 27.8 Å². The van der Waals surface area contributed by atoms with Gasteiger partial charge in [0.1, 0.15) is 0 Å². The maximum Gasteiger partial charge on any atom is 0.0731 e. The Morgan fingerprint density at radius 2 is 2.00 bits per heavy atom. The van der Waals surface area contributed by atoms with Crippen LogP contribution in [0.4, 0.5) is 0 Å². The van der Waals surface area contributed by atoms with Gasteiger partial charge in [-0.25, -0.2) is 0 Å². The molecule has 4 rings (SSSR count). The van der Waals surface area contributed by atoms with Crippen molar-refractivity contribution in [1.82, 2.24) is 15.1 Å². The summed E-state index contributed by atoms with van der Waals surface area (Å²) in [6.45, 7) is 6.50. The van der Waals surface area contributed by atoms with Gasteiger partial charge in [0.05, 0.1) is 12.1 Å². The molecule has 4 heteroatoms. The highest BCUT2D eigenvalue weighted by atomic mass is 32.1. The van der Waals surface area contributed by atoms with Crippen LogP contribution in [0.5, 0.6) is 0 Å². The number of nitrogens with one attached hydrogen (secondary N) is 1. The summed E-state index contributed by atoms with van der Waals surface area (Å²) in [4.78, 5) is 5.04. The minimum absolute atomic E-state index is 0.349. The fourth-order valence-corrected chi connectivity index (χ4v) is 4.66. The molecule has 132 valence electrons. The molecule has 2 atom stereocenters. The second-order valence-corrected chi connectivity index (χ2v) is 7.58. The van der Waals surface area contributed by atoms with Crippen molar-refractivity contribution in [2.24, 2.45) is 0 Å². The lowest BCUT2D eigenvalue weighted by Gasteiger charge is -2.44. The van der Waals surface area contributed by atoms with Crippen LogP contribution in [0.1, 0.15) is 22.7 Å². The third kappa shape index (κ3) is 3.07. The lowest BCUT2D eigenvalue weighted by molar-refractivity contribution is 0.119. The van der Waals surface area contributed by atoms with Gasteiger partial charge in [0.2, 0.25) is 0 Å². The van der Waals surface area contributed by atoms with Gasteiger partial charge in [-0.15, -0.1) is 0 Å². The summed E-state index contributed by atoms with van der Waals surface area (Å²) in [6, 6.07) is 7.67. The molecule has 25 heavy (non-hydrogen) atoms. The van der Waals surface area contributed by atoms with Crippen LogP contribution < -0.4 is 5.32 Å². The van der Waals surface area contributed by atoms with E-state index in [1.54, 1.807) is 0 Å². The first kappa shape index (κ1) is 17.0. The number of likely N-dealkylation sites (N-methyl/N-ethyl adjacent to an activating group) is 1. The van der Waals surface area contributed by atoms with Crippen molar-refractivity contribution in [2.75, 3.05) is 39.0 Å². The molecule has 0 radical (unpaired) electrons. The third-order valence-electron chi connectivity index (χ3n) is 5.62. The van der Waals surface area contributed by atoms with Crippen LogP contribution in [-0.4, -0.2) is 54.8 Å². The Hall–Kier alpha value is -1.49. The number of hydrogen-bond acceptors (Lipinski definition) is 4. The maximum absolute atomic E-state index is 4.66. The smallest absolute Gasteiger partial charge is 0.0731 e. The quantitative estimate of drug-likeness (QED) is 0.797. The summed E-state index contributed by atoms with van der Waals surface area (Å²) in [7, 11) is 2.21. The average Bonchev–Trinajstić information content (AvgIpc) is 2.77. The van der Waals surface area contributed by atoms with Crippen LogP contribution in [0.15, 0.2) is 48.2 Å². The van der Waals surface area contributed by atoms with Crippen molar-refractivity contribution in [3.8, 4) is 0 Å². The molecule has 0 spiro atoms. The van der Waals surface area contributed by atoms with Gasteiger partial charge < -0.3 is 10.2 Å². The highest BCUT2D eigenvalue weighted by Crippen LogP contribution is 2.41. The zero-order chi connectivity index (χ0) is 17.4. The van der Waals surface area contributed by atoms with E-state index in [0.29, 0.717) is 12.1 Å². The van der Waals surface area contributed by atoms with E-state index in [9.17, 15) is 0 Å². The van der Waals surface area contributed by atoms with E-state index in [4.69, 9.17) is 0 Å². The molecule has 1 fully saturated rings. The van der Waals surface area contributed by atoms with E-state index in [0.717, 1.165) is 31.9 Å². The molecule has 0 aromatic heterocycles. The molecule has 3 nitrogen and oxygen atoms in total. The number of nitrogens with zero attached hydrogens (tertiary/aromatic N) is 2. The average molecular weight is 354 g/mol. The molecular formula is C21H27N3S. The Bertz CT molecular complexity index is 744. The minimum Gasteiger partial charge on any atom is -0.371 e. The summed E-state index contributed by atoms with van der Waals surface area (Å²) < 4.78 is 0. The SMILES string of the molecule is Cc1ccc2c(c1)C(CS)=CC1=CC=CN(C)C1C2N1CCNCC1. The molecule has 1 aliphatic carbocycles. The Labute approximate surface area is 156 Å². The van der Waals surface area contributed by atoms with Crippen molar-refractivity contribution in [3.63, 3.8) is 0 Å². The second kappa shape index (κ2) is 7.02. The van der Waals surface area contributed by atoms with Gasteiger partial charge in [-0.05, 0) is 41.5 Å². The number of hydrogen-bond donors (Lipinski definition) is 2. The van der Waals surface area contributed by atoms with Crippen molar-refractivity contribution >= 4 is 18.2 Å². The van der Waals surface area contributed by atoms with Crippen LogP contribution in [0.2, 0.25) is 0 Å².